The third kappa shape index (κ3) is 2.84. The van der Waals surface area contributed by atoms with Crippen molar-refractivity contribution in [2.45, 2.75) is 19.8 Å². The van der Waals surface area contributed by atoms with Crippen molar-refractivity contribution >= 4 is 11.6 Å². The van der Waals surface area contributed by atoms with Gasteiger partial charge in [-0.2, -0.15) is 5.26 Å². The second kappa shape index (κ2) is 5.48. The molecule has 0 radical (unpaired) electrons. The summed E-state index contributed by atoms with van der Waals surface area (Å²) >= 11 is 0. The maximum Gasteiger partial charge on any atom is 0.134 e. The van der Waals surface area contributed by atoms with Crippen LogP contribution in [0.1, 0.15) is 19.8 Å². The number of anilines is 2. The Bertz CT molecular complexity index is 412. The Morgan fingerprint density at radius 3 is 3.24 bits per heavy atom. The number of hydrogen-bond donors (Lipinski definition) is 1. The van der Waals surface area contributed by atoms with Gasteiger partial charge in [-0.25, -0.2) is 9.97 Å². The molecule has 2 heterocycles. The Kier molecular flexibility index (Phi) is 3.76. The van der Waals surface area contributed by atoms with Crippen molar-refractivity contribution in [2.24, 2.45) is 5.92 Å². The van der Waals surface area contributed by atoms with Gasteiger partial charge in [0.05, 0.1) is 12.0 Å². The third-order valence-corrected chi connectivity index (χ3v) is 2.94. The maximum absolute atomic E-state index is 8.97. The molecule has 2 rings (SSSR count). The number of piperidine rings is 1. The summed E-state index contributed by atoms with van der Waals surface area (Å²) < 4.78 is 0. The minimum Gasteiger partial charge on any atom is -0.370 e. The summed E-state index contributed by atoms with van der Waals surface area (Å²) in [5.74, 6) is 1.88. The second-order valence-corrected chi connectivity index (χ2v) is 4.21. The normalized spacial score (nSPS) is 19.8. The molecule has 0 aromatic carbocycles. The summed E-state index contributed by atoms with van der Waals surface area (Å²) in [7, 11) is 0. The molecular formula is C12H17N5. The standard InChI is InChI=1S/C12H17N5/c1-2-14-11-6-12(16-9-15-11)17-5-3-4-10(7-13)8-17/h6,9-10H,2-5,8H2,1H3,(H,14,15,16). The van der Waals surface area contributed by atoms with Crippen molar-refractivity contribution in [3.8, 4) is 6.07 Å². The number of nitriles is 1. The van der Waals surface area contributed by atoms with Crippen LogP contribution in [0.25, 0.3) is 0 Å². The van der Waals surface area contributed by atoms with E-state index in [-0.39, 0.29) is 5.92 Å². The topological polar surface area (TPSA) is 64.8 Å². The lowest BCUT2D eigenvalue weighted by Crippen LogP contribution is -2.35. The van der Waals surface area contributed by atoms with Crippen LogP contribution in [0.2, 0.25) is 0 Å². The predicted molar refractivity (Wildman–Crippen MR) is 66.7 cm³/mol. The third-order valence-electron chi connectivity index (χ3n) is 2.94. The number of aromatic nitrogens is 2. The minimum absolute atomic E-state index is 0.126. The van der Waals surface area contributed by atoms with Gasteiger partial charge in [-0.3, -0.25) is 0 Å². The van der Waals surface area contributed by atoms with E-state index in [2.05, 4.69) is 26.3 Å². The fourth-order valence-corrected chi connectivity index (χ4v) is 2.09. The lowest BCUT2D eigenvalue weighted by Gasteiger charge is -2.30. The first kappa shape index (κ1) is 11.6. The van der Waals surface area contributed by atoms with Gasteiger partial charge in [-0.1, -0.05) is 0 Å². The van der Waals surface area contributed by atoms with Gasteiger partial charge in [0.1, 0.15) is 18.0 Å². The van der Waals surface area contributed by atoms with Crippen LogP contribution in [0.15, 0.2) is 12.4 Å². The van der Waals surface area contributed by atoms with E-state index >= 15 is 0 Å². The van der Waals surface area contributed by atoms with Crippen molar-refractivity contribution in [2.75, 3.05) is 29.9 Å². The molecule has 1 unspecified atom stereocenters. The number of nitrogens with zero attached hydrogens (tertiary/aromatic N) is 4. The Morgan fingerprint density at radius 1 is 1.59 bits per heavy atom. The Balaban J connectivity index is 2.10. The Labute approximate surface area is 101 Å². The zero-order chi connectivity index (χ0) is 12.1. The van der Waals surface area contributed by atoms with E-state index < -0.39 is 0 Å². The molecule has 1 aliphatic rings. The molecule has 1 aromatic heterocycles. The van der Waals surface area contributed by atoms with E-state index in [4.69, 9.17) is 5.26 Å². The lowest BCUT2D eigenvalue weighted by atomic mass is 10.00. The highest BCUT2D eigenvalue weighted by Crippen LogP contribution is 2.22. The molecular weight excluding hydrogens is 214 g/mol. The molecule has 1 N–H and O–H groups in total. The Hall–Kier alpha value is -1.83. The predicted octanol–water partition coefficient (Wildman–Crippen LogP) is 1.65. The average molecular weight is 231 g/mol. The van der Waals surface area contributed by atoms with Gasteiger partial charge in [0, 0.05) is 25.7 Å². The summed E-state index contributed by atoms with van der Waals surface area (Å²) in [5, 5.41) is 12.1. The quantitative estimate of drug-likeness (QED) is 0.856. The SMILES string of the molecule is CCNc1cc(N2CCCC(C#N)C2)ncn1. The van der Waals surface area contributed by atoms with Crippen molar-refractivity contribution in [3.63, 3.8) is 0 Å². The van der Waals surface area contributed by atoms with Crippen molar-refractivity contribution < 1.29 is 0 Å². The van der Waals surface area contributed by atoms with Crippen LogP contribution in [0.4, 0.5) is 11.6 Å². The second-order valence-electron chi connectivity index (χ2n) is 4.21. The molecule has 1 atom stereocenters. The first-order chi connectivity index (χ1) is 8.33. The summed E-state index contributed by atoms with van der Waals surface area (Å²) in [6.45, 7) is 4.63. The van der Waals surface area contributed by atoms with Crippen molar-refractivity contribution in [1.29, 1.82) is 5.26 Å². The molecule has 17 heavy (non-hydrogen) atoms. The zero-order valence-electron chi connectivity index (χ0n) is 10.1. The van der Waals surface area contributed by atoms with E-state index in [1.165, 1.54) is 0 Å². The molecule has 0 saturated carbocycles. The molecule has 90 valence electrons. The fourth-order valence-electron chi connectivity index (χ4n) is 2.09. The molecule has 0 bridgehead atoms. The van der Waals surface area contributed by atoms with Crippen LogP contribution >= 0.6 is 0 Å². The van der Waals surface area contributed by atoms with E-state index in [0.717, 1.165) is 44.1 Å². The first-order valence-electron chi connectivity index (χ1n) is 6.04. The van der Waals surface area contributed by atoms with Gasteiger partial charge >= 0.3 is 0 Å². The minimum atomic E-state index is 0.126. The van der Waals surface area contributed by atoms with Gasteiger partial charge in [0.15, 0.2) is 0 Å². The fraction of sp³-hybridized carbons (Fsp3) is 0.583. The smallest absolute Gasteiger partial charge is 0.134 e. The number of hydrogen-bond acceptors (Lipinski definition) is 5. The molecule has 5 nitrogen and oxygen atoms in total. The van der Waals surface area contributed by atoms with Crippen molar-refractivity contribution in [1.82, 2.24) is 9.97 Å². The van der Waals surface area contributed by atoms with Crippen LogP contribution in [0, 0.1) is 17.2 Å². The number of nitrogens with one attached hydrogen (secondary N) is 1. The van der Waals surface area contributed by atoms with Crippen LogP contribution in [-0.4, -0.2) is 29.6 Å². The van der Waals surface area contributed by atoms with Gasteiger partial charge in [-0.15, -0.1) is 0 Å². The molecule has 1 aliphatic heterocycles. The van der Waals surface area contributed by atoms with Gasteiger partial charge in [0.25, 0.3) is 0 Å². The highest BCUT2D eigenvalue weighted by molar-refractivity contribution is 5.48. The van der Waals surface area contributed by atoms with E-state index in [9.17, 15) is 0 Å². The maximum atomic E-state index is 8.97. The molecule has 5 heteroatoms. The lowest BCUT2D eigenvalue weighted by molar-refractivity contribution is 0.490. The monoisotopic (exact) mass is 231 g/mol. The van der Waals surface area contributed by atoms with Crippen LogP contribution in [0.3, 0.4) is 0 Å². The molecule has 0 aliphatic carbocycles. The molecule has 1 saturated heterocycles. The van der Waals surface area contributed by atoms with Crippen molar-refractivity contribution in [3.05, 3.63) is 12.4 Å². The summed E-state index contributed by atoms with van der Waals surface area (Å²) in [6.07, 6.45) is 3.63. The van der Waals surface area contributed by atoms with Crippen LogP contribution in [0.5, 0.6) is 0 Å². The highest BCUT2D eigenvalue weighted by Gasteiger charge is 2.20. The van der Waals surface area contributed by atoms with Gasteiger partial charge in [0.2, 0.25) is 0 Å². The first-order valence-corrected chi connectivity index (χ1v) is 6.04. The number of rotatable bonds is 3. The molecule has 1 fully saturated rings. The zero-order valence-corrected chi connectivity index (χ0v) is 10.1. The van der Waals surface area contributed by atoms with Crippen LogP contribution in [-0.2, 0) is 0 Å². The summed E-state index contributed by atoms with van der Waals surface area (Å²) in [6, 6.07) is 4.29. The van der Waals surface area contributed by atoms with E-state index in [1.54, 1.807) is 6.33 Å². The largest absolute Gasteiger partial charge is 0.370 e. The van der Waals surface area contributed by atoms with Gasteiger partial charge in [-0.05, 0) is 19.8 Å². The molecule has 1 aromatic rings. The van der Waals surface area contributed by atoms with Gasteiger partial charge < -0.3 is 10.2 Å². The summed E-state index contributed by atoms with van der Waals surface area (Å²) in [5.41, 5.74) is 0. The highest BCUT2D eigenvalue weighted by atomic mass is 15.2. The summed E-state index contributed by atoms with van der Waals surface area (Å²) in [4.78, 5) is 10.6. The Morgan fingerprint density at radius 2 is 2.47 bits per heavy atom. The average Bonchev–Trinajstić information content (AvgIpc) is 2.40. The van der Waals surface area contributed by atoms with E-state index in [0.29, 0.717) is 0 Å². The van der Waals surface area contributed by atoms with E-state index in [1.807, 2.05) is 13.0 Å². The molecule has 0 amide bonds. The van der Waals surface area contributed by atoms with Crippen LogP contribution < -0.4 is 10.2 Å². The molecule has 0 spiro atoms.